The van der Waals surface area contributed by atoms with E-state index in [-0.39, 0.29) is 0 Å². The Hall–Kier alpha value is -0.860. The molecule has 0 amide bonds. The maximum absolute atomic E-state index is 9.04. The van der Waals surface area contributed by atoms with Crippen molar-refractivity contribution in [3.8, 4) is 0 Å². The normalized spacial score (nSPS) is 12.7. The fourth-order valence-corrected chi connectivity index (χ4v) is 2.47. The Labute approximate surface area is 111 Å². The first-order valence-corrected chi connectivity index (χ1v) is 7.05. The highest BCUT2D eigenvalue weighted by atomic mass is 16.3. The van der Waals surface area contributed by atoms with Crippen molar-refractivity contribution in [3.63, 3.8) is 0 Å². The average molecular weight is 249 g/mol. The Kier molecular flexibility index (Phi) is 6.99. The molecule has 0 aliphatic rings. The lowest BCUT2D eigenvalue weighted by Gasteiger charge is -2.17. The van der Waals surface area contributed by atoms with E-state index in [0.717, 1.165) is 19.5 Å². The van der Waals surface area contributed by atoms with E-state index in [0.29, 0.717) is 12.5 Å². The molecule has 0 bridgehead atoms. The molecule has 0 fully saturated rings. The van der Waals surface area contributed by atoms with Gasteiger partial charge in [-0.25, -0.2) is 0 Å². The summed E-state index contributed by atoms with van der Waals surface area (Å²) in [6, 6.07) is 6.45. The molecule has 1 aromatic carbocycles. The van der Waals surface area contributed by atoms with E-state index < -0.39 is 0 Å². The van der Waals surface area contributed by atoms with Crippen LogP contribution in [0.1, 0.15) is 42.9 Å². The molecule has 1 rings (SSSR count). The molecule has 0 saturated heterocycles. The third-order valence-corrected chi connectivity index (χ3v) is 3.61. The maximum atomic E-state index is 9.04. The molecular weight excluding hydrogens is 222 g/mol. The van der Waals surface area contributed by atoms with Gasteiger partial charge in [-0.3, -0.25) is 0 Å². The Bertz CT molecular complexity index is 323. The van der Waals surface area contributed by atoms with Crippen LogP contribution in [0.4, 0.5) is 0 Å². The Morgan fingerprint density at radius 1 is 1.17 bits per heavy atom. The smallest absolute Gasteiger partial charge is 0.0434 e. The summed E-state index contributed by atoms with van der Waals surface area (Å²) in [5.74, 6) is 0.601. The van der Waals surface area contributed by atoms with Crippen molar-refractivity contribution in [2.45, 2.75) is 46.6 Å². The Morgan fingerprint density at radius 3 is 2.39 bits per heavy atom. The molecule has 2 heteroatoms. The second kappa shape index (κ2) is 8.28. The summed E-state index contributed by atoms with van der Waals surface area (Å²) in [5, 5.41) is 12.6. The predicted octanol–water partition coefficient (Wildman–Crippen LogP) is 3.19. The van der Waals surface area contributed by atoms with Crippen molar-refractivity contribution < 1.29 is 5.11 Å². The van der Waals surface area contributed by atoms with E-state index in [1.165, 1.54) is 29.5 Å². The summed E-state index contributed by atoms with van der Waals surface area (Å²) >= 11 is 0. The van der Waals surface area contributed by atoms with Crippen LogP contribution in [0.25, 0.3) is 0 Å². The number of rotatable bonds is 8. The van der Waals surface area contributed by atoms with Crippen LogP contribution in [0.3, 0.4) is 0 Å². The topological polar surface area (TPSA) is 32.3 Å². The molecule has 1 aromatic rings. The van der Waals surface area contributed by atoms with Gasteiger partial charge >= 0.3 is 0 Å². The Morgan fingerprint density at radius 2 is 1.83 bits per heavy atom. The minimum Gasteiger partial charge on any atom is -0.396 e. The molecule has 2 nitrogen and oxygen atoms in total. The lowest BCUT2D eigenvalue weighted by molar-refractivity contribution is 0.248. The van der Waals surface area contributed by atoms with Crippen LogP contribution < -0.4 is 5.32 Å². The van der Waals surface area contributed by atoms with Crippen LogP contribution in [0.5, 0.6) is 0 Å². The van der Waals surface area contributed by atoms with E-state index in [1.54, 1.807) is 0 Å². The number of aliphatic hydroxyl groups excluding tert-OH is 1. The highest BCUT2D eigenvalue weighted by molar-refractivity contribution is 5.33. The SMILES string of the molecule is CCCC(CCO)CNCc1c(C)cccc1C. The van der Waals surface area contributed by atoms with Crippen LogP contribution in [-0.4, -0.2) is 18.3 Å². The number of hydrogen-bond donors (Lipinski definition) is 2. The summed E-state index contributed by atoms with van der Waals surface area (Å²) in [6.07, 6.45) is 3.30. The van der Waals surface area contributed by atoms with Gasteiger partial charge in [0, 0.05) is 13.2 Å². The van der Waals surface area contributed by atoms with Crippen LogP contribution in [-0.2, 0) is 6.54 Å². The molecule has 102 valence electrons. The fourth-order valence-electron chi connectivity index (χ4n) is 2.47. The van der Waals surface area contributed by atoms with Gasteiger partial charge in [0.25, 0.3) is 0 Å². The van der Waals surface area contributed by atoms with Gasteiger partial charge in [-0.1, -0.05) is 31.5 Å². The molecule has 0 aliphatic carbocycles. The van der Waals surface area contributed by atoms with Gasteiger partial charge in [-0.2, -0.15) is 0 Å². The average Bonchev–Trinajstić information content (AvgIpc) is 2.33. The quantitative estimate of drug-likeness (QED) is 0.741. The molecule has 18 heavy (non-hydrogen) atoms. The third-order valence-electron chi connectivity index (χ3n) is 3.61. The monoisotopic (exact) mass is 249 g/mol. The molecule has 0 aromatic heterocycles. The van der Waals surface area contributed by atoms with E-state index in [1.807, 2.05) is 0 Å². The van der Waals surface area contributed by atoms with Gasteiger partial charge in [0.05, 0.1) is 0 Å². The van der Waals surface area contributed by atoms with Gasteiger partial charge < -0.3 is 10.4 Å². The number of hydrogen-bond acceptors (Lipinski definition) is 2. The predicted molar refractivity (Wildman–Crippen MR) is 77.7 cm³/mol. The zero-order chi connectivity index (χ0) is 13.4. The van der Waals surface area contributed by atoms with Crippen molar-refractivity contribution in [2.24, 2.45) is 5.92 Å². The number of aliphatic hydroxyl groups is 1. The fraction of sp³-hybridized carbons (Fsp3) is 0.625. The number of nitrogens with one attached hydrogen (secondary N) is 1. The summed E-state index contributed by atoms with van der Waals surface area (Å²) < 4.78 is 0. The summed E-state index contributed by atoms with van der Waals surface area (Å²) in [6.45, 7) is 8.78. The lowest BCUT2D eigenvalue weighted by atomic mass is 9.99. The highest BCUT2D eigenvalue weighted by Gasteiger charge is 2.07. The second-order valence-electron chi connectivity index (χ2n) is 5.17. The van der Waals surface area contributed by atoms with Crippen LogP contribution in [0.15, 0.2) is 18.2 Å². The largest absolute Gasteiger partial charge is 0.396 e. The van der Waals surface area contributed by atoms with Crippen molar-refractivity contribution >= 4 is 0 Å². The second-order valence-corrected chi connectivity index (χ2v) is 5.17. The van der Waals surface area contributed by atoms with E-state index in [9.17, 15) is 0 Å². The van der Waals surface area contributed by atoms with Crippen molar-refractivity contribution in [3.05, 3.63) is 34.9 Å². The molecule has 0 radical (unpaired) electrons. The van der Waals surface area contributed by atoms with Crippen molar-refractivity contribution in [2.75, 3.05) is 13.2 Å². The Balaban J connectivity index is 2.44. The van der Waals surface area contributed by atoms with E-state index in [2.05, 4.69) is 44.3 Å². The first-order chi connectivity index (χ1) is 8.69. The van der Waals surface area contributed by atoms with Gasteiger partial charge in [-0.05, 0) is 55.8 Å². The number of aryl methyl sites for hydroxylation is 2. The third kappa shape index (κ3) is 4.79. The summed E-state index contributed by atoms with van der Waals surface area (Å²) in [4.78, 5) is 0. The van der Waals surface area contributed by atoms with Gasteiger partial charge in [0.1, 0.15) is 0 Å². The first kappa shape index (κ1) is 15.2. The molecule has 0 heterocycles. The zero-order valence-electron chi connectivity index (χ0n) is 12.0. The van der Waals surface area contributed by atoms with Crippen molar-refractivity contribution in [1.29, 1.82) is 0 Å². The van der Waals surface area contributed by atoms with Crippen LogP contribution in [0, 0.1) is 19.8 Å². The minimum absolute atomic E-state index is 0.301. The minimum atomic E-state index is 0.301. The van der Waals surface area contributed by atoms with Gasteiger partial charge in [0.15, 0.2) is 0 Å². The summed E-state index contributed by atoms with van der Waals surface area (Å²) in [7, 11) is 0. The molecule has 2 N–H and O–H groups in total. The van der Waals surface area contributed by atoms with E-state index in [4.69, 9.17) is 5.11 Å². The first-order valence-electron chi connectivity index (χ1n) is 7.05. The standard InChI is InChI=1S/C16H27NO/c1-4-6-15(9-10-18)11-17-12-16-13(2)7-5-8-14(16)3/h5,7-8,15,17-18H,4,6,9-12H2,1-3H3. The van der Waals surface area contributed by atoms with E-state index >= 15 is 0 Å². The van der Waals surface area contributed by atoms with Crippen LogP contribution in [0.2, 0.25) is 0 Å². The zero-order valence-corrected chi connectivity index (χ0v) is 12.0. The molecular formula is C16H27NO. The number of benzene rings is 1. The summed E-state index contributed by atoms with van der Waals surface area (Å²) in [5.41, 5.74) is 4.13. The molecule has 0 aliphatic heterocycles. The molecule has 0 saturated carbocycles. The molecule has 0 spiro atoms. The van der Waals surface area contributed by atoms with Crippen molar-refractivity contribution in [1.82, 2.24) is 5.32 Å². The van der Waals surface area contributed by atoms with Crippen LogP contribution >= 0.6 is 0 Å². The lowest BCUT2D eigenvalue weighted by Crippen LogP contribution is -2.24. The molecule has 1 unspecified atom stereocenters. The molecule has 1 atom stereocenters. The highest BCUT2D eigenvalue weighted by Crippen LogP contribution is 2.14. The maximum Gasteiger partial charge on any atom is 0.0434 e. The van der Waals surface area contributed by atoms with Gasteiger partial charge in [0.2, 0.25) is 0 Å². The van der Waals surface area contributed by atoms with Gasteiger partial charge in [-0.15, -0.1) is 0 Å².